The van der Waals surface area contributed by atoms with Gasteiger partial charge in [-0.25, -0.2) is 12.8 Å². The highest BCUT2D eigenvalue weighted by Crippen LogP contribution is 2.30. The molecule has 0 radical (unpaired) electrons. The molecule has 0 fully saturated rings. The molecular formula is C13H9F4NO3S. The maximum Gasteiger partial charge on any atom is 0.573 e. The van der Waals surface area contributed by atoms with Crippen LogP contribution in [0.2, 0.25) is 0 Å². The van der Waals surface area contributed by atoms with Crippen LogP contribution in [0.3, 0.4) is 0 Å². The van der Waals surface area contributed by atoms with Crippen molar-refractivity contribution >= 4 is 15.7 Å². The number of rotatable bonds is 4. The molecule has 0 bridgehead atoms. The van der Waals surface area contributed by atoms with Crippen molar-refractivity contribution in [3.05, 3.63) is 54.3 Å². The number of benzene rings is 2. The summed E-state index contributed by atoms with van der Waals surface area (Å²) in [5, 5.41) is 0. The number of hydrogen-bond acceptors (Lipinski definition) is 3. The summed E-state index contributed by atoms with van der Waals surface area (Å²) in [6.45, 7) is 0. The van der Waals surface area contributed by atoms with E-state index in [4.69, 9.17) is 0 Å². The quantitative estimate of drug-likeness (QED) is 0.870. The minimum absolute atomic E-state index is 0.123. The number of para-hydroxylation sites is 1. The van der Waals surface area contributed by atoms with E-state index < -0.39 is 32.8 Å². The first-order valence-corrected chi connectivity index (χ1v) is 7.29. The highest BCUT2D eigenvalue weighted by molar-refractivity contribution is 7.92. The molecular weight excluding hydrogens is 326 g/mol. The first kappa shape index (κ1) is 16.1. The van der Waals surface area contributed by atoms with Gasteiger partial charge in [0.15, 0.2) is 0 Å². The molecule has 9 heteroatoms. The van der Waals surface area contributed by atoms with E-state index in [1.807, 2.05) is 4.72 Å². The fourth-order valence-electron chi connectivity index (χ4n) is 1.64. The molecule has 0 saturated carbocycles. The predicted molar refractivity (Wildman–Crippen MR) is 70.3 cm³/mol. The summed E-state index contributed by atoms with van der Waals surface area (Å²) >= 11 is 0. The van der Waals surface area contributed by atoms with Crippen LogP contribution in [0, 0.1) is 5.82 Å². The van der Waals surface area contributed by atoms with Gasteiger partial charge in [-0.1, -0.05) is 18.2 Å². The molecule has 0 aliphatic carbocycles. The maximum absolute atomic E-state index is 13.0. The number of ether oxygens (including phenoxy) is 1. The highest BCUT2D eigenvalue weighted by atomic mass is 32.2. The number of nitrogens with one attached hydrogen (secondary N) is 1. The molecule has 2 aromatic carbocycles. The summed E-state index contributed by atoms with van der Waals surface area (Å²) < 4.78 is 79.9. The molecule has 0 unspecified atom stereocenters. The number of alkyl halides is 3. The Bertz CT molecular complexity index is 775. The average molecular weight is 335 g/mol. The lowest BCUT2D eigenvalue weighted by Crippen LogP contribution is -2.20. The van der Waals surface area contributed by atoms with E-state index in [1.165, 1.54) is 24.3 Å². The van der Waals surface area contributed by atoms with Gasteiger partial charge in [0.05, 0.1) is 5.69 Å². The molecule has 0 saturated heterocycles. The monoisotopic (exact) mass is 335 g/mol. The second-order valence-electron chi connectivity index (χ2n) is 4.11. The first-order valence-electron chi connectivity index (χ1n) is 5.80. The van der Waals surface area contributed by atoms with Crippen LogP contribution in [-0.2, 0) is 10.0 Å². The number of halogens is 4. The minimum atomic E-state index is -5.04. The summed E-state index contributed by atoms with van der Waals surface area (Å²) in [6, 6.07) is 8.75. The SMILES string of the molecule is O=S(=O)(Nc1cccc(F)c1)c1ccccc1OC(F)(F)F. The van der Waals surface area contributed by atoms with Gasteiger partial charge in [-0.2, -0.15) is 0 Å². The summed E-state index contributed by atoms with van der Waals surface area (Å²) in [4.78, 5) is -0.711. The molecule has 1 N–H and O–H groups in total. The summed E-state index contributed by atoms with van der Waals surface area (Å²) in [6.07, 6.45) is -5.04. The Morgan fingerprint density at radius 3 is 2.32 bits per heavy atom. The van der Waals surface area contributed by atoms with Crippen molar-refractivity contribution in [3.63, 3.8) is 0 Å². The van der Waals surface area contributed by atoms with Crippen molar-refractivity contribution in [1.82, 2.24) is 0 Å². The molecule has 2 aromatic rings. The van der Waals surface area contributed by atoms with Crippen LogP contribution >= 0.6 is 0 Å². The first-order chi connectivity index (χ1) is 10.2. The Morgan fingerprint density at radius 1 is 1.00 bits per heavy atom. The Kier molecular flexibility index (Phi) is 4.27. The van der Waals surface area contributed by atoms with E-state index >= 15 is 0 Å². The molecule has 4 nitrogen and oxygen atoms in total. The Labute approximate surface area is 123 Å². The topological polar surface area (TPSA) is 55.4 Å². The van der Waals surface area contributed by atoms with Gasteiger partial charge in [-0.3, -0.25) is 4.72 Å². The molecule has 0 heterocycles. The lowest BCUT2D eigenvalue weighted by atomic mass is 10.3. The zero-order valence-corrected chi connectivity index (χ0v) is 11.6. The molecule has 0 amide bonds. The Morgan fingerprint density at radius 2 is 1.68 bits per heavy atom. The third-order valence-electron chi connectivity index (χ3n) is 2.44. The third-order valence-corrected chi connectivity index (χ3v) is 3.86. The Hall–Kier alpha value is -2.29. The molecule has 0 atom stereocenters. The van der Waals surface area contributed by atoms with E-state index in [2.05, 4.69) is 4.74 Å². The lowest BCUT2D eigenvalue weighted by molar-refractivity contribution is -0.275. The number of anilines is 1. The zero-order valence-electron chi connectivity index (χ0n) is 10.8. The van der Waals surface area contributed by atoms with Crippen molar-refractivity contribution in [3.8, 4) is 5.75 Å². The largest absolute Gasteiger partial charge is 0.573 e. The fraction of sp³-hybridized carbons (Fsp3) is 0.0769. The van der Waals surface area contributed by atoms with Crippen LogP contribution in [0.1, 0.15) is 0 Å². The van der Waals surface area contributed by atoms with Crippen molar-refractivity contribution in [2.75, 3.05) is 4.72 Å². The van der Waals surface area contributed by atoms with Gasteiger partial charge in [0.2, 0.25) is 0 Å². The minimum Gasteiger partial charge on any atom is -0.404 e. The van der Waals surface area contributed by atoms with Gasteiger partial charge in [-0.15, -0.1) is 13.2 Å². The van der Waals surface area contributed by atoms with Crippen molar-refractivity contribution in [1.29, 1.82) is 0 Å². The van der Waals surface area contributed by atoms with Gasteiger partial charge >= 0.3 is 6.36 Å². The van der Waals surface area contributed by atoms with Gasteiger partial charge in [0.1, 0.15) is 16.5 Å². The van der Waals surface area contributed by atoms with Crippen molar-refractivity contribution < 1.29 is 30.7 Å². The molecule has 0 aliphatic rings. The maximum atomic E-state index is 13.0. The van der Waals surface area contributed by atoms with Gasteiger partial charge in [0.25, 0.3) is 10.0 Å². The van der Waals surface area contributed by atoms with Gasteiger partial charge in [-0.05, 0) is 30.3 Å². The van der Waals surface area contributed by atoms with Crippen LogP contribution in [0.25, 0.3) is 0 Å². The lowest BCUT2D eigenvalue weighted by Gasteiger charge is -2.14. The average Bonchev–Trinajstić information content (AvgIpc) is 2.36. The van der Waals surface area contributed by atoms with Crippen molar-refractivity contribution in [2.24, 2.45) is 0 Å². The van der Waals surface area contributed by atoms with E-state index in [-0.39, 0.29) is 5.69 Å². The molecule has 0 aliphatic heterocycles. The van der Waals surface area contributed by atoms with Crippen LogP contribution in [0.5, 0.6) is 5.75 Å². The Balaban J connectivity index is 2.38. The summed E-state index contributed by atoms with van der Waals surface area (Å²) in [5.74, 6) is -1.57. The second kappa shape index (κ2) is 5.84. The van der Waals surface area contributed by atoms with Gasteiger partial charge < -0.3 is 4.74 Å². The normalized spacial score (nSPS) is 12.0. The van der Waals surface area contributed by atoms with E-state index in [0.29, 0.717) is 0 Å². The third kappa shape index (κ3) is 4.10. The number of hydrogen-bond donors (Lipinski definition) is 1. The zero-order chi connectivity index (χ0) is 16.4. The highest BCUT2D eigenvalue weighted by Gasteiger charge is 2.34. The second-order valence-corrected chi connectivity index (χ2v) is 5.76. The van der Waals surface area contributed by atoms with E-state index in [9.17, 15) is 26.0 Å². The summed E-state index contributed by atoms with van der Waals surface area (Å²) in [7, 11) is -4.37. The fourth-order valence-corrected chi connectivity index (χ4v) is 2.82. The number of sulfonamides is 1. The predicted octanol–water partition coefficient (Wildman–Crippen LogP) is 3.53. The molecule has 118 valence electrons. The van der Waals surface area contributed by atoms with E-state index in [0.717, 1.165) is 24.3 Å². The molecule has 0 aromatic heterocycles. The smallest absolute Gasteiger partial charge is 0.404 e. The summed E-state index contributed by atoms with van der Waals surface area (Å²) in [5.41, 5.74) is -0.123. The molecule has 22 heavy (non-hydrogen) atoms. The van der Waals surface area contributed by atoms with Crippen LogP contribution in [-0.4, -0.2) is 14.8 Å². The molecule has 2 rings (SSSR count). The van der Waals surface area contributed by atoms with Gasteiger partial charge in [0, 0.05) is 0 Å². The van der Waals surface area contributed by atoms with Crippen molar-refractivity contribution in [2.45, 2.75) is 11.3 Å². The van der Waals surface area contributed by atoms with Crippen LogP contribution in [0.4, 0.5) is 23.2 Å². The van der Waals surface area contributed by atoms with Crippen LogP contribution < -0.4 is 9.46 Å². The van der Waals surface area contributed by atoms with Crippen LogP contribution in [0.15, 0.2) is 53.4 Å². The van der Waals surface area contributed by atoms with E-state index in [1.54, 1.807) is 0 Å². The molecule has 0 spiro atoms. The standard InChI is InChI=1S/C13H9F4NO3S/c14-9-4-3-5-10(8-9)18-22(19,20)12-7-2-1-6-11(12)21-13(15,16)17/h1-8,18H.